The molecule has 1 aromatic heterocycles. The Balaban J connectivity index is 1.52. The van der Waals surface area contributed by atoms with Gasteiger partial charge in [-0.15, -0.1) is 10.2 Å². The molecular formula is C24H20Cl2N4O3S3. The molecule has 0 radical (unpaired) electrons. The molecule has 0 spiro atoms. The van der Waals surface area contributed by atoms with Crippen molar-refractivity contribution in [2.45, 2.75) is 21.9 Å². The van der Waals surface area contributed by atoms with Crippen molar-refractivity contribution in [1.82, 2.24) is 10.2 Å². The van der Waals surface area contributed by atoms with Crippen LogP contribution in [0.5, 0.6) is 0 Å². The Morgan fingerprint density at radius 3 is 2.33 bits per heavy atom. The minimum absolute atomic E-state index is 0.0347. The van der Waals surface area contributed by atoms with E-state index in [1.54, 1.807) is 12.1 Å². The van der Waals surface area contributed by atoms with Crippen LogP contribution in [0.15, 0.2) is 82.0 Å². The Morgan fingerprint density at radius 1 is 1.00 bits per heavy atom. The van der Waals surface area contributed by atoms with E-state index in [4.69, 9.17) is 23.2 Å². The van der Waals surface area contributed by atoms with Gasteiger partial charge in [0.25, 0.3) is 10.0 Å². The highest BCUT2D eigenvalue weighted by molar-refractivity contribution is 8.00. The lowest BCUT2D eigenvalue weighted by molar-refractivity contribution is -0.114. The number of benzene rings is 3. The molecule has 0 bridgehead atoms. The van der Waals surface area contributed by atoms with E-state index in [1.807, 2.05) is 37.3 Å². The van der Waals surface area contributed by atoms with E-state index in [-0.39, 0.29) is 25.8 Å². The largest absolute Gasteiger partial charge is 0.299 e. The summed E-state index contributed by atoms with van der Waals surface area (Å²) in [4.78, 5) is 13.0. The third-order valence-electron chi connectivity index (χ3n) is 4.89. The Hall–Kier alpha value is -2.63. The monoisotopic (exact) mass is 578 g/mol. The van der Waals surface area contributed by atoms with Crippen molar-refractivity contribution in [3.8, 4) is 0 Å². The zero-order valence-corrected chi connectivity index (χ0v) is 22.9. The van der Waals surface area contributed by atoms with Crippen molar-refractivity contribution in [2.75, 3.05) is 16.2 Å². The van der Waals surface area contributed by atoms with Crippen LogP contribution in [0.2, 0.25) is 10.0 Å². The molecule has 1 N–H and O–H groups in total. The number of aryl methyl sites for hydroxylation is 1. The summed E-state index contributed by atoms with van der Waals surface area (Å²) in [7, 11) is -4.11. The molecule has 0 unspecified atom stereocenters. The molecule has 4 rings (SSSR count). The second-order valence-corrected chi connectivity index (χ2v) is 12.6. The zero-order valence-electron chi connectivity index (χ0n) is 18.9. The summed E-state index contributed by atoms with van der Waals surface area (Å²) in [6, 6.07) is 20.6. The molecular weight excluding hydrogens is 559 g/mol. The van der Waals surface area contributed by atoms with Gasteiger partial charge in [-0.3, -0.25) is 14.4 Å². The topological polar surface area (TPSA) is 92.3 Å². The van der Waals surface area contributed by atoms with Gasteiger partial charge in [0.15, 0.2) is 4.34 Å². The molecule has 186 valence electrons. The van der Waals surface area contributed by atoms with Crippen molar-refractivity contribution in [3.05, 3.63) is 94.0 Å². The molecule has 0 aliphatic rings. The first-order valence-corrected chi connectivity index (χ1v) is 14.6. The number of carbonyl (C=O) groups is 1. The van der Waals surface area contributed by atoms with E-state index in [2.05, 4.69) is 15.5 Å². The lowest BCUT2D eigenvalue weighted by Gasteiger charge is -2.24. The van der Waals surface area contributed by atoms with Gasteiger partial charge in [0.05, 0.1) is 10.6 Å². The summed E-state index contributed by atoms with van der Waals surface area (Å²) in [5.41, 5.74) is 2.21. The van der Waals surface area contributed by atoms with E-state index >= 15 is 0 Å². The number of hydrogen-bond donors (Lipinski definition) is 1. The average molecular weight is 580 g/mol. The molecule has 0 saturated heterocycles. The van der Waals surface area contributed by atoms with Crippen LogP contribution in [-0.2, 0) is 20.6 Å². The van der Waals surface area contributed by atoms with Crippen molar-refractivity contribution < 1.29 is 13.2 Å². The summed E-state index contributed by atoms with van der Waals surface area (Å²) < 4.78 is 28.7. The average Bonchev–Trinajstić information content (AvgIpc) is 3.28. The molecule has 0 fully saturated rings. The van der Waals surface area contributed by atoms with E-state index in [0.29, 0.717) is 10.1 Å². The molecule has 7 nitrogen and oxygen atoms in total. The second-order valence-electron chi connectivity index (χ2n) is 7.65. The first-order chi connectivity index (χ1) is 17.2. The van der Waals surface area contributed by atoms with Crippen LogP contribution in [0, 0.1) is 6.92 Å². The number of sulfonamides is 1. The summed E-state index contributed by atoms with van der Waals surface area (Å²) in [6.45, 7) is 1.34. The lowest BCUT2D eigenvalue weighted by Crippen LogP contribution is -2.38. The van der Waals surface area contributed by atoms with Crippen molar-refractivity contribution in [2.24, 2.45) is 0 Å². The standard InChI is InChI=1S/C24H20Cl2N4O3S3/c1-16-7-9-21(10-8-16)36(32,33)30(20-12-18(25)11-19(26)13-20)14-22(31)27-23-28-29-24(35-23)34-15-17-5-3-2-4-6-17/h2-13H,14-15H2,1H3,(H,27,28,31). The maximum absolute atomic E-state index is 13.5. The van der Waals surface area contributed by atoms with Crippen LogP contribution < -0.4 is 9.62 Å². The number of rotatable bonds is 9. The number of carbonyl (C=O) groups excluding carboxylic acids is 1. The molecule has 12 heteroatoms. The molecule has 3 aromatic carbocycles. The van der Waals surface area contributed by atoms with Gasteiger partial charge in [-0.05, 0) is 42.8 Å². The van der Waals surface area contributed by atoms with Crippen LogP contribution >= 0.6 is 46.3 Å². The predicted octanol–water partition coefficient (Wildman–Crippen LogP) is 6.28. The third-order valence-corrected chi connectivity index (χ3v) is 9.16. The summed E-state index contributed by atoms with van der Waals surface area (Å²) in [6.07, 6.45) is 0. The summed E-state index contributed by atoms with van der Waals surface area (Å²) in [5.74, 6) is 0.124. The summed E-state index contributed by atoms with van der Waals surface area (Å²) >= 11 is 15.0. The normalized spacial score (nSPS) is 11.3. The van der Waals surface area contributed by atoms with Gasteiger partial charge < -0.3 is 0 Å². The Labute approximate surface area is 227 Å². The van der Waals surface area contributed by atoms with Crippen LogP contribution in [0.3, 0.4) is 0 Å². The van der Waals surface area contributed by atoms with E-state index in [0.717, 1.165) is 15.4 Å². The van der Waals surface area contributed by atoms with Crippen molar-refractivity contribution in [3.63, 3.8) is 0 Å². The lowest BCUT2D eigenvalue weighted by atomic mass is 10.2. The number of amides is 1. The van der Waals surface area contributed by atoms with Gasteiger partial charge in [-0.2, -0.15) is 0 Å². The van der Waals surface area contributed by atoms with Crippen molar-refractivity contribution in [1.29, 1.82) is 0 Å². The first kappa shape index (κ1) is 26.4. The zero-order chi connectivity index (χ0) is 25.7. The fourth-order valence-corrected chi connectivity index (χ4v) is 6.81. The fraction of sp³-hybridized carbons (Fsp3) is 0.125. The van der Waals surface area contributed by atoms with Gasteiger partial charge in [0.2, 0.25) is 11.0 Å². The van der Waals surface area contributed by atoms with E-state index in [1.165, 1.54) is 53.4 Å². The molecule has 1 heterocycles. The van der Waals surface area contributed by atoms with Gasteiger partial charge in [0.1, 0.15) is 6.54 Å². The number of hydrogen-bond acceptors (Lipinski definition) is 7. The minimum atomic E-state index is -4.11. The van der Waals surface area contributed by atoms with Gasteiger partial charge in [-0.25, -0.2) is 8.42 Å². The minimum Gasteiger partial charge on any atom is -0.299 e. The smallest absolute Gasteiger partial charge is 0.264 e. The maximum Gasteiger partial charge on any atom is 0.264 e. The molecule has 0 aliphatic heterocycles. The number of thioether (sulfide) groups is 1. The molecule has 36 heavy (non-hydrogen) atoms. The maximum atomic E-state index is 13.5. The Morgan fingerprint density at radius 2 is 1.67 bits per heavy atom. The number of halogens is 2. The number of nitrogens with zero attached hydrogens (tertiary/aromatic N) is 3. The third kappa shape index (κ3) is 6.77. The number of aromatic nitrogens is 2. The van der Waals surface area contributed by atoms with E-state index in [9.17, 15) is 13.2 Å². The first-order valence-electron chi connectivity index (χ1n) is 10.6. The second kappa shape index (κ2) is 11.6. The number of nitrogens with one attached hydrogen (secondary N) is 1. The highest BCUT2D eigenvalue weighted by atomic mass is 35.5. The van der Waals surface area contributed by atoms with Gasteiger partial charge >= 0.3 is 0 Å². The van der Waals surface area contributed by atoms with Gasteiger partial charge in [0, 0.05) is 15.8 Å². The van der Waals surface area contributed by atoms with Crippen LogP contribution in [0.1, 0.15) is 11.1 Å². The quantitative estimate of drug-likeness (QED) is 0.185. The summed E-state index contributed by atoms with van der Waals surface area (Å²) in [5, 5.41) is 11.5. The predicted molar refractivity (Wildman–Crippen MR) is 147 cm³/mol. The van der Waals surface area contributed by atoms with Crippen LogP contribution in [-0.4, -0.2) is 31.1 Å². The van der Waals surface area contributed by atoms with Crippen molar-refractivity contribution >= 4 is 73.0 Å². The molecule has 1 amide bonds. The fourth-order valence-electron chi connectivity index (χ4n) is 3.16. The Kier molecular flexibility index (Phi) is 8.53. The SMILES string of the molecule is Cc1ccc(S(=O)(=O)N(CC(=O)Nc2nnc(SCc3ccccc3)s2)c2cc(Cl)cc(Cl)c2)cc1. The molecule has 0 saturated carbocycles. The Bertz CT molecular complexity index is 1440. The van der Waals surface area contributed by atoms with Crippen LogP contribution in [0.25, 0.3) is 0 Å². The van der Waals surface area contributed by atoms with E-state index < -0.39 is 22.5 Å². The number of anilines is 2. The highest BCUT2D eigenvalue weighted by Crippen LogP contribution is 2.31. The van der Waals surface area contributed by atoms with Crippen LogP contribution in [0.4, 0.5) is 10.8 Å². The highest BCUT2D eigenvalue weighted by Gasteiger charge is 2.28. The molecule has 0 aliphatic carbocycles. The molecule has 4 aromatic rings. The molecule has 0 atom stereocenters. The van der Waals surface area contributed by atoms with Gasteiger partial charge in [-0.1, -0.05) is 94.3 Å².